The zero-order chi connectivity index (χ0) is 13.2. The molecule has 0 saturated carbocycles. The van der Waals surface area contributed by atoms with E-state index in [0.717, 1.165) is 19.4 Å². The first-order chi connectivity index (χ1) is 9.31. The number of hydrogen-bond donors (Lipinski definition) is 0. The first-order valence-corrected chi connectivity index (χ1v) is 7.32. The number of fused-ring (bicyclic) bond motifs is 1. The smallest absolute Gasteiger partial charge is 0.274 e. The SMILES string of the molecule is CCC1c2ccsc2CCN1C(=O)c1cnccn1. The number of rotatable bonds is 2. The lowest BCUT2D eigenvalue weighted by Crippen LogP contribution is -2.39. The number of amides is 1. The zero-order valence-electron chi connectivity index (χ0n) is 10.7. The van der Waals surface area contributed by atoms with Gasteiger partial charge in [0.25, 0.3) is 5.91 Å². The van der Waals surface area contributed by atoms with E-state index in [0.29, 0.717) is 5.69 Å². The number of hydrogen-bond acceptors (Lipinski definition) is 4. The second-order valence-electron chi connectivity index (χ2n) is 4.56. The molecule has 0 bridgehead atoms. The molecule has 1 atom stereocenters. The van der Waals surface area contributed by atoms with Crippen molar-refractivity contribution in [3.8, 4) is 0 Å². The van der Waals surface area contributed by atoms with E-state index in [1.54, 1.807) is 23.7 Å². The minimum atomic E-state index is -0.0169. The summed E-state index contributed by atoms with van der Waals surface area (Å²) >= 11 is 1.79. The Morgan fingerprint density at radius 3 is 3.16 bits per heavy atom. The van der Waals surface area contributed by atoms with Crippen molar-refractivity contribution in [2.75, 3.05) is 6.54 Å². The molecule has 0 saturated heterocycles. The summed E-state index contributed by atoms with van der Waals surface area (Å²) in [5.41, 5.74) is 1.73. The van der Waals surface area contributed by atoms with Crippen LogP contribution in [0.4, 0.5) is 0 Å². The molecule has 3 rings (SSSR count). The van der Waals surface area contributed by atoms with Gasteiger partial charge >= 0.3 is 0 Å². The average molecular weight is 273 g/mol. The van der Waals surface area contributed by atoms with Crippen LogP contribution in [0.15, 0.2) is 30.0 Å². The molecular formula is C14H15N3OS. The van der Waals surface area contributed by atoms with Crippen LogP contribution in [-0.2, 0) is 6.42 Å². The third-order valence-electron chi connectivity index (χ3n) is 3.52. The summed E-state index contributed by atoms with van der Waals surface area (Å²) in [5, 5.41) is 2.11. The van der Waals surface area contributed by atoms with E-state index in [1.165, 1.54) is 16.6 Å². The summed E-state index contributed by atoms with van der Waals surface area (Å²) in [6.45, 7) is 2.88. The van der Waals surface area contributed by atoms with Crippen LogP contribution in [0.2, 0.25) is 0 Å². The van der Waals surface area contributed by atoms with E-state index in [2.05, 4.69) is 28.3 Å². The number of carbonyl (C=O) groups excluding carboxylic acids is 1. The Labute approximate surface area is 116 Å². The molecule has 1 aliphatic rings. The quantitative estimate of drug-likeness (QED) is 0.845. The van der Waals surface area contributed by atoms with Crippen molar-refractivity contribution in [2.24, 2.45) is 0 Å². The fraction of sp³-hybridized carbons (Fsp3) is 0.357. The predicted molar refractivity (Wildman–Crippen MR) is 74.1 cm³/mol. The van der Waals surface area contributed by atoms with Crippen LogP contribution in [-0.4, -0.2) is 27.3 Å². The Morgan fingerprint density at radius 2 is 2.42 bits per heavy atom. The monoisotopic (exact) mass is 273 g/mol. The molecule has 1 aliphatic heterocycles. The summed E-state index contributed by atoms with van der Waals surface area (Å²) in [5.74, 6) is -0.0169. The molecule has 0 spiro atoms. The molecule has 0 aliphatic carbocycles. The van der Waals surface area contributed by atoms with Crippen LogP contribution in [0.3, 0.4) is 0 Å². The molecule has 1 amide bonds. The normalized spacial score (nSPS) is 18.2. The lowest BCUT2D eigenvalue weighted by Gasteiger charge is -2.35. The average Bonchev–Trinajstić information content (AvgIpc) is 2.94. The van der Waals surface area contributed by atoms with E-state index in [-0.39, 0.29) is 11.9 Å². The second-order valence-corrected chi connectivity index (χ2v) is 5.56. The zero-order valence-corrected chi connectivity index (χ0v) is 11.6. The largest absolute Gasteiger partial charge is 0.330 e. The van der Waals surface area contributed by atoms with Crippen molar-refractivity contribution < 1.29 is 4.79 Å². The maximum absolute atomic E-state index is 12.5. The van der Waals surface area contributed by atoms with Gasteiger partial charge in [0.05, 0.1) is 12.2 Å². The van der Waals surface area contributed by atoms with Crippen LogP contribution in [0.25, 0.3) is 0 Å². The second kappa shape index (κ2) is 5.09. The third-order valence-corrected chi connectivity index (χ3v) is 4.52. The van der Waals surface area contributed by atoms with Gasteiger partial charge in [-0.15, -0.1) is 11.3 Å². The van der Waals surface area contributed by atoms with Gasteiger partial charge in [-0.3, -0.25) is 9.78 Å². The van der Waals surface area contributed by atoms with Gasteiger partial charge in [0.15, 0.2) is 0 Å². The molecular weight excluding hydrogens is 258 g/mol. The summed E-state index contributed by atoms with van der Waals surface area (Å²) in [6, 6.07) is 2.31. The van der Waals surface area contributed by atoms with Crippen LogP contribution < -0.4 is 0 Å². The highest BCUT2D eigenvalue weighted by Gasteiger charge is 2.31. The maximum atomic E-state index is 12.5. The van der Waals surface area contributed by atoms with E-state index in [1.807, 2.05) is 4.90 Å². The number of aromatic nitrogens is 2. The molecule has 19 heavy (non-hydrogen) atoms. The lowest BCUT2D eigenvalue weighted by atomic mass is 9.97. The first-order valence-electron chi connectivity index (χ1n) is 6.44. The molecule has 0 aromatic carbocycles. The van der Waals surface area contributed by atoms with E-state index in [9.17, 15) is 4.79 Å². The fourth-order valence-electron chi connectivity index (χ4n) is 2.64. The van der Waals surface area contributed by atoms with E-state index < -0.39 is 0 Å². The van der Waals surface area contributed by atoms with Crippen LogP contribution in [0.1, 0.15) is 40.3 Å². The fourth-order valence-corrected chi connectivity index (χ4v) is 3.56. The van der Waals surface area contributed by atoms with Gasteiger partial charge in [0, 0.05) is 23.8 Å². The van der Waals surface area contributed by atoms with E-state index >= 15 is 0 Å². The first kappa shape index (κ1) is 12.3. The summed E-state index contributed by atoms with van der Waals surface area (Å²) < 4.78 is 0. The summed E-state index contributed by atoms with van der Waals surface area (Å²) in [7, 11) is 0. The summed E-state index contributed by atoms with van der Waals surface area (Å²) in [4.78, 5) is 24.0. The van der Waals surface area contributed by atoms with E-state index in [4.69, 9.17) is 0 Å². The molecule has 5 heteroatoms. The highest BCUT2D eigenvalue weighted by Crippen LogP contribution is 2.35. The number of carbonyl (C=O) groups is 1. The Kier molecular flexibility index (Phi) is 3.29. The molecule has 0 radical (unpaired) electrons. The Balaban J connectivity index is 1.92. The molecule has 2 aromatic heterocycles. The molecule has 98 valence electrons. The van der Waals surface area contributed by atoms with Crippen molar-refractivity contribution in [3.05, 3.63) is 46.2 Å². The lowest BCUT2D eigenvalue weighted by molar-refractivity contribution is 0.0651. The third kappa shape index (κ3) is 2.14. The predicted octanol–water partition coefficient (Wildman–Crippen LogP) is 2.69. The van der Waals surface area contributed by atoms with Crippen molar-refractivity contribution in [1.29, 1.82) is 0 Å². The molecule has 4 nitrogen and oxygen atoms in total. The van der Waals surface area contributed by atoms with Gasteiger partial charge in [-0.2, -0.15) is 0 Å². The van der Waals surface area contributed by atoms with Gasteiger partial charge in [-0.25, -0.2) is 4.98 Å². The Bertz CT molecular complexity index is 581. The van der Waals surface area contributed by atoms with Crippen LogP contribution in [0, 0.1) is 0 Å². The van der Waals surface area contributed by atoms with Crippen LogP contribution in [0.5, 0.6) is 0 Å². The number of thiophene rings is 1. The number of nitrogens with zero attached hydrogens (tertiary/aromatic N) is 3. The standard InChI is InChI=1S/C14H15N3OS/c1-2-12-10-4-8-19-13(10)3-7-17(12)14(18)11-9-15-5-6-16-11/h4-6,8-9,12H,2-3,7H2,1H3. The van der Waals surface area contributed by atoms with Crippen molar-refractivity contribution in [2.45, 2.75) is 25.8 Å². The van der Waals surface area contributed by atoms with Gasteiger partial charge in [0.1, 0.15) is 5.69 Å². The van der Waals surface area contributed by atoms with Crippen LogP contribution >= 0.6 is 11.3 Å². The maximum Gasteiger partial charge on any atom is 0.274 e. The molecule has 0 fully saturated rings. The topological polar surface area (TPSA) is 46.1 Å². The minimum Gasteiger partial charge on any atom is -0.330 e. The molecule has 1 unspecified atom stereocenters. The highest BCUT2D eigenvalue weighted by atomic mass is 32.1. The molecule has 3 heterocycles. The van der Waals surface area contributed by atoms with Crippen molar-refractivity contribution in [3.63, 3.8) is 0 Å². The Morgan fingerprint density at radius 1 is 1.53 bits per heavy atom. The minimum absolute atomic E-state index is 0.0169. The van der Waals surface area contributed by atoms with Crippen molar-refractivity contribution >= 4 is 17.2 Å². The Hall–Kier alpha value is -1.75. The molecule has 2 aromatic rings. The van der Waals surface area contributed by atoms with Gasteiger partial charge < -0.3 is 4.90 Å². The molecule has 0 N–H and O–H groups in total. The van der Waals surface area contributed by atoms with Crippen molar-refractivity contribution in [1.82, 2.24) is 14.9 Å². The van der Waals surface area contributed by atoms with Gasteiger partial charge in [-0.1, -0.05) is 6.92 Å². The van der Waals surface area contributed by atoms with Gasteiger partial charge in [0.2, 0.25) is 0 Å². The van der Waals surface area contributed by atoms with Gasteiger partial charge in [-0.05, 0) is 29.9 Å². The summed E-state index contributed by atoms with van der Waals surface area (Å²) in [6.07, 6.45) is 6.55. The highest BCUT2D eigenvalue weighted by molar-refractivity contribution is 7.10.